The highest BCUT2D eigenvalue weighted by Crippen LogP contribution is 2.26. The predicted octanol–water partition coefficient (Wildman–Crippen LogP) is 1.11. The summed E-state index contributed by atoms with van der Waals surface area (Å²) in [6.45, 7) is 0. The van der Waals surface area contributed by atoms with Crippen molar-refractivity contribution in [1.29, 1.82) is 0 Å². The van der Waals surface area contributed by atoms with Gasteiger partial charge in [0.1, 0.15) is 9.84 Å². The maximum atomic E-state index is 11.8. The lowest BCUT2D eigenvalue weighted by atomic mass is 10.2. The fourth-order valence-electron chi connectivity index (χ4n) is 1.35. The van der Waals surface area contributed by atoms with Gasteiger partial charge in [-0.15, -0.1) is 11.8 Å². The quantitative estimate of drug-likeness (QED) is 0.651. The molecule has 0 aliphatic rings. The molecule has 0 heterocycles. The fourth-order valence-corrected chi connectivity index (χ4v) is 3.56. The number of carbonyl (C=O) groups is 1. The van der Waals surface area contributed by atoms with Crippen LogP contribution in [0.15, 0.2) is 23.1 Å². The molecule has 0 atom stereocenters. The van der Waals surface area contributed by atoms with E-state index in [0.717, 1.165) is 4.90 Å². The van der Waals surface area contributed by atoms with Crippen LogP contribution >= 0.6 is 11.8 Å². The molecule has 0 bridgehead atoms. The van der Waals surface area contributed by atoms with Crippen LogP contribution in [0.4, 0.5) is 5.69 Å². The van der Waals surface area contributed by atoms with Gasteiger partial charge in [0.2, 0.25) is 0 Å². The van der Waals surface area contributed by atoms with Crippen molar-refractivity contribution in [2.24, 2.45) is 0 Å². The van der Waals surface area contributed by atoms with Crippen molar-refractivity contribution in [1.82, 2.24) is 4.90 Å². The van der Waals surface area contributed by atoms with Crippen LogP contribution in [0.2, 0.25) is 0 Å². The predicted molar refractivity (Wildman–Crippen MR) is 79.3 cm³/mol. The topological polar surface area (TPSA) is 80.5 Å². The number of thioether (sulfide) groups is 1. The minimum Gasteiger partial charge on any atom is -0.398 e. The average Bonchev–Trinajstić information content (AvgIpc) is 2.29. The summed E-state index contributed by atoms with van der Waals surface area (Å²) in [7, 11) is 0.368. The van der Waals surface area contributed by atoms with Crippen molar-refractivity contribution in [3.63, 3.8) is 0 Å². The van der Waals surface area contributed by atoms with Crippen molar-refractivity contribution in [3.05, 3.63) is 23.8 Å². The molecule has 7 heteroatoms. The second-order valence-electron chi connectivity index (χ2n) is 4.43. The second-order valence-corrected chi connectivity index (χ2v) is 7.83. The zero-order chi connectivity index (χ0) is 14.6. The zero-order valence-corrected chi connectivity index (χ0v) is 12.8. The molecule has 5 nitrogen and oxygen atoms in total. The molecular weight excluding hydrogens is 284 g/mol. The van der Waals surface area contributed by atoms with E-state index in [2.05, 4.69) is 0 Å². The third-order valence-electron chi connectivity index (χ3n) is 2.38. The molecular formula is C12H18N2O3S2. The number of amides is 1. The first kappa shape index (κ1) is 15.8. The number of hydrogen-bond donors (Lipinski definition) is 1. The van der Waals surface area contributed by atoms with Gasteiger partial charge in [0, 0.05) is 42.3 Å². The Hall–Kier alpha value is -1.21. The summed E-state index contributed by atoms with van der Waals surface area (Å²) in [6.07, 6.45) is 1.20. The van der Waals surface area contributed by atoms with E-state index in [4.69, 9.17) is 5.73 Å². The Balaban J connectivity index is 2.83. The Morgan fingerprint density at radius 1 is 1.37 bits per heavy atom. The number of nitrogens with two attached hydrogens (primary N) is 1. The first-order valence-corrected chi connectivity index (χ1v) is 8.67. The molecule has 0 radical (unpaired) electrons. The lowest BCUT2D eigenvalue weighted by molar-refractivity contribution is 0.0827. The van der Waals surface area contributed by atoms with Gasteiger partial charge in [-0.3, -0.25) is 4.79 Å². The van der Waals surface area contributed by atoms with E-state index in [-0.39, 0.29) is 11.7 Å². The monoisotopic (exact) mass is 302 g/mol. The van der Waals surface area contributed by atoms with Crippen molar-refractivity contribution >= 4 is 33.2 Å². The summed E-state index contributed by atoms with van der Waals surface area (Å²) >= 11 is 1.34. The number of sulfone groups is 1. The largest absolute Gasteiger partial charge is 0.398 e. The van der Waals surface area contributed by atoms with E-state index >= 15 is 0 Å². The molecule has 1 amide bonds. The molecule has 0 saturated heterocycles. The molecule has 0 spiro atoms. The summed E-state index contributed by atoms with van der Waals surface area (Å²) in [6, 6.07) is 5.03. The van der Waals surface area contributed by atoms with Gasteiger partial charge in [-0.25, -0.2) is 8.42 Å². The highest BCUT2D eigenvalue weighted by atomic mass is 32.2. The molecule has 19 heavy (non-hydrogen) atoms. The Labute approximate surface area is 118 Å². The lowest BCUT2D eigenvalue weighted by Crippen LogP contribution is -2.21. The molecule has 0 unspecified atom stereocenters. The molecule has 1 aromatic carbocycles. The number of nitrogen functional groups attached to an aromatic ring is 1. The number of rotatable bonds is 5. The van der Waals surface area contributed by atoms with Gasteiger partial charge in [0.15, 0.2) is 0 Å². The van der Waals surface area contributed by atoms with Gasteiger partial charge in [-0.2, -0.15) is 0 Å². The fraction of sp³-hybridized carbons (Fsp3) is 0.417. The molecule has 0 fully saturated rings. The number of hydrogen-bond acceptors (Lipinski definition) is 5. The highest BCUT2D eigenvalue weighted by Gasteiger charge is 2.11. The molecule has 1 rings (SSSR count). The zero-order valence-electron chi connectivity index (χ0n) is 11.2. The van der Waals surface area contributed by atoms with Crippen molar-refractivity contribution in [2.75, 3.05) is 37.6 Å². The van der Waals surface area contributed by atoms with Crippen molar-refractivity contribution < 1.29 is 13.2 Å². The van der Waals surface area contributed by atoms with Crippen LogP contribution in [0.25, 0.3) is 0 Å². The normalized spacial score (nSPS) is 11.3. The standard InChI is InChI=1S/C12H18N2O3S2/c1-14(2)12(15)9-4-5-10(13)11(8-9)18-6-7-19(3,16)17/h4-5,8H,6-7,13H2,1-3H3. The maximum Gasteiger partial charge on any atom is 0.253 e. The van der Waals surface area contributed by atoms with Crippen molar-refractivity contribution in [3.8, 4) is 0 Å². The first-order valence-electron chi connectivity index (χ1n) is 5.62. The summed E-state index contributed by atoms with van der Waals surface area (Å²) in [5.74, 6) is 0.399. The average molecular weight is 302 g/mol. The van der Waals surface area contributed by atoms with Gasteiger partial charge in [-0.05, 0) is 18.2 Å². The summed E-state index contributed by atoms with van der Waals surface area (Å²) in [4.78, 5) is 14.0. The molecule has 1 aromatic rings. The van der Waals surface area contributed by atoms with Gasteiger partial charge >= 0.3 is 0 Å². The van der Waals surface area contributed by atoms with Gasteiger partial charge in [0.05, 0.1) is 5.75 Å². The van der Waals surface area contributed by atoms with E-state index < -0.39 is 9.84 Å². The molecule has 2 N–H and O–H groups in total. The maximum absolute atomic E-state index is 11.8. The van der Waals surface area contributed by atoms with Gasteiger partial charge in [-0.1, -0.05) is 0 Å². The van der Waals surface area contributed by atoms with E-state index in [9.17, 15) is 13.2 Å². The van der Waals surface area contributed by atoms with Gasteiger partial charge < -0.3 is 10.6 Å². The van der Waals surface area contributed by atoms with Crippen LogP contribution in [0.3, 0.4) is 0 Å². The molecule has 0 saturated carbocycles. The van der Waals surface area contributed by atoms with Crippen LogP contribution < -0.4 is 5.73 Å². The molecule has 0 aromatic heterocycles. The van der Waals surface area contributed by atoms with Crippen molar-refractivity contribution in [2.45, 2.75) is 4.90 Å². The van der Waals surface area contributed by atoms with Crippen LogP contribution in [0.5, 0.6) is 0 Å². The van der Waals surface area contributed by atoms with E-state index in [1.54, 1.807) is 32.3 Å². The molecule has 106 valence electrons. The van der Waals surface area contributed by atoms with E-state index in [1.807, 2.05) is 0 Å². The number of benzene rings is 1. The summed E-state index contributed by atoms with van der Waals surface area (Å²) < 4.78 is 22.1. The number of nitrogens with zero attached hydrogens (tertiary/aromatic N) is 1. The number of anilines is 1. The minimum absolute atomic E-state index is 0.0863. The van der Waals surface area contributed by atoms with E-state index in [1.165, 1.54) is 22.9 Å². The summed E-state index contributed by atoms with van der Waals surface area (Å²) in [5.41, 5.74) is 6.91. The SMILES string of the molecule is CN(C)C(=O)c1ccc(N)c(SCCS(C)(=O)=O)c1. The number of carbonyl (C=O) groups excluding carboxylic acids is 1. The van der Waals surface area contributed by atoms with E-state index in [0.29, 0.717) is 17.0 Å². The highest BCUT2D eigenvalue weighted by molar-refractivity contribution is 8.00. The lowest BCUT2D eigenvalue weighted by Gasteiger charge is -2.12. The summed E-state index contributed by atoms with van der Waals surface area (Å²) in [5, 5.41) is 0. The second kappa shape index (κ2) is 6.29. The van der Waals surface area contributed by atoms with Crippen LogP contribution in [-0.2, 0) is 9.84 Å². The Morgan fingerprint density at radius 2 is 2.00 bits per heavy atom. The third-order valence-corrected chi connectivity index (χ3v) is 4.66. The van der Waals surface area contributed by atoms with Crippen LogP contribution in [0, 0.1) is 0 Å². The van der Waals surface area contributed by atoms with Crippen LogP contribution in [-0.4, -0.2) is 51.1 Å². The Morgan fingerprint density at radius 3 is 2.53 bits per heavy atom. The first-order chi connectivity index (χ1) is 8.70. The molecule has 0 aliphatic carbocycles. The smallest absolute Gasteiger partial charge is 0.253 e. The molecule has 0 aliphatic heterocycles. The van der Waals surface area contributed by atoms with Gasteiger partial charge in [0.25, 0.3) is 5.91 Å². The van der Waals surface area contributed by atoms with Crippen LogP contribution in [0.1, 0.15) is 10.4 Å². The third kappa shape index (κ3) is 5.12. The Bertz CT molecular complexity index is 568. The Kier molecular flexibility index (Phi) is 5.25. The minimum atomic E-state index is -2.98.